The number of ether oxygens (including phenoxy) is 1. The van der Waals surface area contributed by atoms with Crippen LogP contribution in [0.1, 0.15) is 30.5 Å². The Bertz CT molecular complexity index is 766. The highest BCUT2D eigenvalue weighted by Crippen LogP contribution is 2.36. The van der Waals surface area contributed by atoms with E-state index in [4.69, 9.17) is 28.6 Å². The van der Waals surface area contributed by atoms with Gasteiger partial charge in [-0.2, -0.15) is 13.2 Å². The molecule has 0 radical (unpaired) electrons. The van der Waals surface area contributed by atoms with E-state index in [1.54, 1.807) is 7.11 Å². The van der Waals surface area contributed by atoms with Crippen LogP contribution < -0.4 is 15.4 Å². The standard InChI is InChI=1S/C18H18ClF3N2OS/c1-3-16(11-4-7-13(25-2)8-5-11)24-17(26)23-12-6-9-15(19)14(10-12)18(20,21)22/h4-10,16H,3H2,1-2H3,(H2,23,24,26)/t16-/m1/s1. The van der Waals surface area contributed by atoms with E-state index >= 15 is 0 Å². The average Bonchev–Trinajstić information content (AvgIpc) is 2.60. The molecule has 0 aliphatic rings. The maximum absolute atomic E-state index is 12.9. The summed E-state index contributed by atoms with van der Waals surface area (Å²) >= 11 is 10.9. The highest BCUT2D eigenvalue weighted by atomic mass is 35.5. The summed E-state index contributed by atoms with van der Waals surface area (Å²) in [5.41, 5.74) is 0.294. The normalized spacial score (nSPS) is 12.4. The van der Waals surface area contributed by atoms with Crippen molar-refractivity contribution in [3.63, 3.8) is 0 Å². The van der Waals surface area contributed by atoms with Crippen molar-refractivity contribution < 1.29 is 17.9 Å². The lowest BCUT2D eigenvalue weighted by molar-refractivity contribution is -0.137. The van der Waals surface area contributed by atoms with E-state index in [1.165, 1.54) is 12.1 Å². The molecule has 0 amide bonds. The minimum absolute atomic E-state index is 0.0877. The second-order valence-corrected chi connectivity index (χ2v) is 6.34. The van der Waals surface area contributed by atoms with Crippen LogP contribution in [0.15, 0.2) is 42.5 Å². The van der Waals surface area contributed by atoms with E-state index in [0.717, 1.165) is 23.8 Å². The number of halogens is 4. The SMILES string of the molecule is CC[C@@H](NC(=S)Nc1ccc(Cl)c(C(F)(F)F)c1)c1ccc(OC)cc1. The highest BCUT2D eigenvalue weighted by molar-refractivity contribution is 7.80. The van der Waals surface area contributed by atoms with Crippen LogP contribution in [0, 0.1) is 0 Å². The number of alkyl halides is 3. The molecule has 2 N–H and O–H groups in total. The maximum Gasteiger partial charge on any atom is 0.417 e. The highest BCUT2D eigenvalue weighted by Gasteiger charge is 2.33. The Morgan fingerprint density at radius 2 is 1.85 bits per heavy atom. The van der Waals surface area contributed by atoms with Crippen LogP contribution in [-0.4, -0.2) is 12.2 Å². The monoisotopic (exact) mass is 402 g/mol. The van der Waals surface area contributed by atoms with Gasteiger partial charge in [0.2, 0.25) is 0 Å². The summed E-state index contributed by atoms with van der Waals surface area (Å²) in [4.78, 5) is 0. The van der Waals surface area contributed by atoms with Gasteiger partial charge in [0.05, 0.1) is 23.7 Å². The van der Waals surface area contributed by atoms with Gasteiger partial charge in [0.25, 0.3) is 0 Å². The molecule has 1 atom stereocenters. The Labute approximate surface area is 160 Å². The van der Waals surface area contributed by atoms with Gasteiger partial charge < -0.3 is 15.4 Å². The number of anilines is 1. The molecule has 3 nitrogen and oxygen atoms in total. The molecule has 0 bridgehead atoms. The zero-order valence-corrected chi connectivity index (χ0v) is 15.7. The van der Waals surface area contributed by atoms with E-state index in [0.29, 0.717) is 0 Å². The predicted molar refractivity (Wildman–Crippen MR) is 102 cm³/mol. The fourth-order valence-electron chi connectivity index (χ4n) is 2.40. The topological polar surface area (TPSA) is 33.3 Å². The number of thiocarbonyl (C=S) groups is 1. The Hall–Kier alpha value is -1.99. The third-order valence-corrected chi connectivity index (χ3v) is 4.31. The maximum atomic E-state index is 12.9. The summed E-state index contributed by atoms with van der Waals surface area (Å²) in [6.45, 7) is 1.98. The summed E-state index contributed by atoms with van der Waals surface area (Å²) in [5.74, 6) is 0.741. The van der Waals surface area contributed by atoms with E-state index in [1.807, 2.05) is 31.2 Å². The van der Waals surface area contributed by atoms with E-state index in [9.17, 15) is 13.2 Å². The van der Waals surface area contributed by atoms with Gasteiger partial charge in [0.1, 0.15) is 5.75 Å². The number of rotatable bonds is 5. The lowest BCUT2D eigenvalue weighted by atomic mass is 10.0. The van der Waals surface area contributed by atoms with Crippen LogP contribution in [0.3, 0.4) is 0 Å². The first-order valence-electron chi connectivity index (χ1n) is 7.82. The zero-order valence-electron chi connectivity index (χ0n) is 14.2. The molecule has 2 aromatic rings. The molecule has 26 heavy (non-hydrogen) atoms. The van der Waals surface area contributed by atoms with Gasteiger partial charge >= 0.3 is 6.18 Å². The van der Waals surface area contributed by atoms with Crippen LogP contribution >= 0.6 is 23.8 Å². The molecule has 0 saturated heterocycles. The second-order valence-electron chi connectivity index (χ2n) is 5.52. The first-order valence-corrected chi connectivity index (χ1v) is 8.61. The van der Waals surface area contributed by atoms with E-state index in [2.05, 4.69) is 10.6 Å². The van der Waals surface area contributed by atoms with E-state index in [-0.39, 0.29) is 21.9 Å². The number of hydrogen-bond acceptors (Lipinski definition) is 2. The molecule has 2 aromatic carbocycles. The third-order valence-electron chi connectivity index (χ3n) is 3.76. The van der Waals surface area contributed by atoms with E-state index < -0.39 is 11.7 Å². The minimum Gasteiger partial charge on any atom is -0.497 e. The quantitative estimate of drug-likeness (QED) is 0.619. The zero-order chi connectivity index (χ0) is 19.3. The van der Waals surface area contributed by atoms with Gasteiger partial charge in [-0.3, -0.25) is 0 Å². The average molecular weight is 403 g/mol. The van der Waals surface area contributed by atoms with Gasteiger partial charge in [-0.25, -0.2) is 0 Å². The van der Waals surface area contributed by atoms with Crippen molar-refractivity contribution in [1.29, 1.82) is 0 Å². The number of benzene rings is 2. The Balaban J connectivity index is 2.09. The molecule has 2 rings (SSSR count). The van der Waals surface area contributed by atoms with Crippen LogP contribution in [0.5, 0.6) is 5.75 Å². The molecule has 0 spiro atoms. The van der Waals surface area contributed by atoms with Crippen molar-refractivity contribution in [2.45, 2.75) is 25.6 Å². The summed E-state index contributed by atoms with van der Waals surface area (Å²) in [6, 6.07) is 11.0. The van der Waals surface area contributed by atoms with Crippen molar-refractivity contribution in [1.82, 2.24) is 5.32 Å². The summed E-state index contributed by atoms with van der Waals surface area (Å²) in [6.07, 6.45) is -3.79. The van der Waals surface area contributed by atoms with Crippen molar-refractivity contribution in [2.24, 2.45) is 0 Å². The van der Waals surface area contributed by atoms with Crippen molar-refractivity contribution in [3.05, 3.63) is 58.6 Å². The smallest absolute Gasteiger partial charge is 0.417 e. The van der Waals surface area contributed by atoms with Gasteiger partial charge in [-0.05, 0) is 54.5 Å². The number of nitrogens with one attached hydrogen (secondary N) is 2. The summed E-state index contributed by atoms with van der Waals surface area (Å²) in [7, 11) is 1.59. The number of methoxy groups -OCH3 is 1. The molecule has 0 fully saturated rings. The van der Waals surface area contributed by atoms with Crippen LogP contribution in [0.25, 0.3) is 0 Å². The third kappa shape index (κ3) is 5.25. The largest absolute Gasteiger partial charge is 0.497 e. The lowest BCUT2D eigenvalue weighted by Crippen LogP contribution is -2.32. The van der Waals surface area contributed by atoms with Crippen LogP contribution in [-0.2, 0) is 6.18 Å². The molecule has 140 valence electrons. The van der Waals surface area contributed by atoms with Gasteiger partial charge in [0.15, 0.2) is 5.11 Å². The summed E-state index contributed by atoms with van der Waals surface area (Å²) in [5, 5.41) is 5.75. The van der Waals surface area contributed by atoms with Gasteiger partial charge in [-0.15, -0.1) is 0 Å². The van der Waals surface area contributed by atoms with Crippen molar-refractivity contribution >= 4 is 34.6 Å². The molecule has 0 aliphatic heterocycles. The first-order chi connectivity index (χ1) is 12.2. The molecular formula is C18H18ClF3N2OS. The predicted octanol–water partition coefficient (Wildman–Crippen LogP) is 5.81. The Kier molecular flexibility index (Phi) is 6.72. The molecular weight excluding hydrogens is 385 g/mol. The first kappa shape index (κ1) is 20.3. The second kappa shape index (κ2) is 8.60. The van der Waals surface area contributed by atoms with Crippen molar-refractivity contribution in [3.8, 4) is 5.75 Å². The van der Waals surface area contributed by atoms with Crippen LogP contribution in [0.2, 0.25) is 5.02 Å². The molecule has 0 unspecified atom stereocenters. The number of hydrogen-bond donors (Lipinski definition) is 2. The fourth-order valence-corrected chi connectivity index (χ4v) is 2.89. The molecule has 0 aromatic heterocycles. The Morgan fingerprint density at radius 3 is 2.38 bits per heavy atom. The molecule has 8 heteroatoms. The van der Waals surface area contributed by atoms with Gasteiger partial charge in [-0.1, -0.05) is 30.7 Å². The lowest BCUT2D eigenvalue weighted by Gasteiger charge is -2.21. The van der Waals surface area contributed by atoms with Gasteiger partial charge in [0, 0.05) is 5.69 Å². The Morgan fingerprint density at radius 1 is 1.19 bits per heavy atom. The molecule has 0 saturated carbocycles. The minimum atomic E-state index is -4.53. The van der Waals surface area contributed by atoms with Crippen molar-refractivity contribution in [2.75, 3.05) is 12.4 Å². The van der Waals surface area contributed by atoms with Crippen LogP contribution in [0.4, 0.5) is 18.9 Å². The molecule has 0 heterocycles. The molecule has 0 aliphatic carbocycles. The summed E-state index contributed by atoms with van der Waals surface area (Å²) < 4.78 is 44.0. The fraction of sp³-hybridized carbons (Fsp3) is 0.278.